The van der Waals surface area contributed by atoms with Crippen molar-refractivity contribution in [2.75, 3.05) is 6.54 Å². The monoisotopic (exact) mass is 250 g/mol. The van der Waals surface area contributed by atoms with E-state index in [1.165, 1.54) is 0 Å². The second kappa shape index (κ2) is 5.48. The standard InChI is InChI=1S/C14H22N2O2/c1-9(2)14(5,18)8-15-13(17)12-7-6-10(3)16-11(12)4/h6-7,9,18H,8H2,1-5H3,(H,15,17). The van der Waals surface area contributed by atoms with Crippen molar-refractivity contribution >= 4 is 5.91 Å². The Bertz CT molecular complexity index is 439. The molecule has 1 aromatic heterocycles. The van der Waals surface area contributed by atoms with E-state index in [2.05, 4.69) is 10.3 Å². The molecule has 0 aromatic carbocycles. The van der Waals surface area contributed by atoms with E-state index < -0.39 is 5.60 Å². The van der Waals surface area contributed by atoms with Crippen LogP contribution in [0, 0.1) is 19.8 Å². The van der Waals surface area contributed by atoms with Crippen LogP contribution in [0.4, 0.5) is 0 Å². The second-order valence-electron chi connectivity index (χ2n) is 5.28. The fourth-order valence-electron chi connectivity index (χ4n) is 1.49. The molecule has 0 fully saturated rings. The van der Waals surface area contributed by atoms with E-state index in [1.807, 2.05) is 33.8 Å². The highest BCUT2D eigenvalue weighted by atomic mass is 16.3. The summed E-state index contributed by atoms with van der Waals surface area (Å²) >= 11 is 0. The molecule has 0 aliphatic carbocycles. The molecule has 0 saturated heterocycles. The Kier molecular flexibility index (Phi) is 4.46. The van der Waals surface area contributed by atoms with E-state index >= 15 is 0 Å². The van der Waals surface area contributed by atoms with E-state index in [1.54, 1.807) is 13.0 Å². The molecule has 0 radical (unpaired) electrons. The van der Waals surface area contributed by atoms with Crippen molar-refractivity contribution in [2.45, 2.75) is 40.2 Å². The van der Waals surface area contributed by atoms with Gasteiger partial charge in [0.25, 0.3) is 5.91 Å². The fraction of sp³-hybridized carbons (Fsp3) is 0.571. The molecule has 0 spiro atoms. The number of rotatable bonds is 4. The van der Waals surface area contributed by atoms with Gasteiger partial charge in [-0.05, 0) is 38.8 Å². The van der Waals surface area contributed by atoms with Gasteiger partial charge in [0.2, 0.25) is 0 Å². The van der Waals surface area contributed by atoms with Crippen LogP contribution in [0.3, 0.4) is 0 Å². The highest BCUT2D eigenvalue weighted by Gasteiger charge is 2.25. The maximum atomic E-state index is 12.0. The molecular weight excluding hydrogens is 228 g/mol. The van der Waals surface area contributed by atoms with Gasteiger partial charge < -0.3 is 10.4 Å². The third kappa shape index (κ3) is 3.53. The molecule has 1 atom stereocenters. The van der Waals surface area contributed by atoms with Crippen molar-refractivity contribution in [1.29, 1.82) is 0 Å². The van der Waals surface area contributed by atoms with Crippen molar-refractivity contribution in [3.63, 3.8) is 0 Å². The molecule has 0 aliphatic rings. The van der Waals surface area contributed by atoms with Crippen LogP contribution in [0.1, 0.15) is 42.5 Å². The van der Waals surface area contributed by atoms with Gasteiger partial charge in [-0.15, -0.1) is 0 Å². The Balaban J connectivity index is 2.72. The number of carbonyl (C=O) groups is 1. The SMILES string of the molecule is Cc1ccc(C(=O)NCC(C)(O)C(C)C)c(C)n1. The number of pyridine rings is 1. The number of hydrogen-bond acceptors (Lipinski definition) is 3. The topological polar surface area (TPSA) is 62.2 Å². The fourth-order valence-corrected chi connectivity index (χ4v) is 1.49. The first-order valence-corrected chi connectivity index (χ1v) is 6.19. The van der Waals surface area contributed by atoms with Crippen LogP contribution < -0.4 is 5.32 Å². The lowest BCUT2D eigenvalue weighted by atomic mass is 9.92. The molecular formula is C14H22N2O2. The van der Waals surface area contributed by atoms with Crippen LogP contribution in [0.5, 0.6) is 0 Å². The number of aryl methyl sites for hydroxylation is 2. The molecule has 18 heavy (non-hydrogen) atoms. The minimum atomic E-state index is -0.901. The lowest BCUT2D eigenvalue weighted by Gasteiger charge is -2.27. The predicted molar refractivity (Wildman–Crippen MR) is 71.5 cm³/mol. The van der Waals surface area contributed by atoms with Crippen LogP contribution in [0.15, 0.2) is 12.1 Å². The molecule has 1 heterocycles. The molecule has 1 amide bonds. The van der Waals surface area contributed by atoms with Gasteiger partial charge >= 0.3 is 0 Å². The smallest absolute Gasteiger partial charge is 0.253 e. The number of aliphatic hydroxyl groups is 1. The number of carbonyl (C=O) groups excluding carboxylic acids is 1. The van der Waals surface area contributed by atoms with Crippen molar-refractivity contribution in [3.8, 4) is 0 Å². The first kappa shape index (κ1) is 14.6. The maximum absolute atomic E-state index is 12.0. The van der Waals surface area contributed by atoms with Gasteiger partial charge in [0.1, 0.15) is 0 Å². The Labute approximate surface area is 108 Å². The van der Waals surface area contributed by atoms with Crippen LogP contribution in [-0.2, 0) is 0 Å². The average Bonchev–Trinajstić information content (AvgIpc) is 2.25. The second-order valence-corrected chi connectivity index (χ2v) is 5.28. The van der Waals surface area contributed by atoms with Gasteiger partial charge in [-0.3, -0.25) is 9.78 Å². The highest BCUT2D eigenvalue weighted by Crippen LogP contribution is 2.15. The summed E-state index contributed by atoms with van der Waals surface area (Å²) in [7, 11) is 0. The molecule has 0 saturated carbocycles. The number of aromatic nitrogens is 1. The van der Waals surface area contributed by atoms with Gasteiger partial charge in [-0.1, -0.05) is 13.8 Å². The van der Waals surface area contributed by atoms with E-state index in [0.717, 1.165) is 5.69 Å². The molecule has 0 aliphatic heterocycles. The Morgan fingerprint density at radius 3 is 2.56 bits per heavy atom. The lowest BCUT2D eigenvalue weighted by Crippen LogP contribution is -2.44. The minimum Gasteiger partial charge on any atom is -0.388 e. The van der Waals surface area contributed by atoms with Crippen molar-refractivity contribution in [2.24, 2.45) is 5.92 Å². The third-order valence-electron chi connectivity index (χ3n) is 3.32. The first-order chi connectivity index (χ1) is 8.24. The van der Waals surface area contributed by atoms with Crippen LogP contribution >= 0.6 is 0 Å². The zero-order valence-electron chi connectivity index (χ0n) is 11.7. The first-order valence-electron chi connectivity index (χ1n) is 6.19. The number of hydrogen-bond donors (Lipinski definition) is 2. The van der Waals surface area contributed by atoms with E-state index in [-0.39, 0.29) is 18.4 Å². The highest BCUT2D eigenvalue weighted by molar-refractivity contribution is 5.95. The van der Waals surface area contributed by atoms with Gasteiger partial charge in [0.15, 0.2) is 0 Å². The van der Waals surface area contributed by atoms with E-state index in [0.29, 0.717) is 11.3 Å². The third-order valence-corrected chi connectivity index (χ3v) is 3.32. The molecule has 100 valence electrons. The summed E-state index contributed by atoms with van der Waals surface area (Å²) in [5.41, 5.74) is 1.25. The maximum Gasteiger partial charge on any atom is 0.253 e. The van der Waals surface area contributed by atoms with Crippen LogP contribution in [-0.4, -0.2) is 28.1 Å². The van der Waals surface area contributed by atoms with Gasteiger partial charge in [0.05, 0.1) is 16.9 Å². The average molecular weight is 250 g/mol. The zero-order valence-corrected chi connectivity index (χ0v) is 11.7. The number of amides is 1. The zero-order chi connectivity index (χ0) is 13.9. The van der Waals surface area contributed by atoms with Crippen molar-refractivity contribution in [1.82, 2.24) is 10.3 Å². The molecule has 2 N–H and O–H groups in total. The van der Waals surface area contributed by atoms with Crippen molar-refractivity contribution < 1.29 is 9.90 Å². The van der Waals surface area contributed by atoms with Crippen molar-refractivity contribution in [3.05, 3.63) is 29.1 Å². The molecule has 4 heteroatoms. The summed E-state index contributed by atoms with van der Waals surface area (Å²) in [5, 5.41) is 12.8. The van der Waals surface area contributed by atoms with Gasteiger partial charge in [0, 0.05) is 12.2 Å². The summed E-state index contributed by atoms with van der Waals surface area (Å²) < 4.78 is 0. The normalized spacial score (nSPS) is 14.4. The Hall–Kier alpha value is -1.42. The predicted octanol–water partition coefficient (Wildman–Crippen LogP) is 1.84. The molecule has 1 unspecified atom stereocenters. The van der Waals surface area contributed by atoms with Gasteiger partial charge in [-0.2, -0.15) is 0 Å². The quantitative estimate of drug-likeness (QED) is 0.857. The Morgan fingerprint density at radius 1 is 1.44 bits per heavy atom. The minimum absolute atomic E-state index is 0.0787. The largest absolute Gasteiger partial charge is 0.388 e. The van der Waals surface area contributed by atoms with Crippen LogP contribution in [0.2, 0.25) is 0 Å². The summed E-state index contributed by atoms with van der Waals surface area (Å²) in [5.74, 6) is -0.115. The summed E-state index contributed by atoms with van der Waals surface area (Å²) in [4.78, 5) is 16.2. The number of nitrogens with zero attached hydrogens (tertiary/aromatic N) is 1. The van der Waals surface area contributed by atoms with E-state index in [9.17, 15) is 9.90 Å². The molecule has 4 nitrogen and oxygen atoms in total. The van der Waals surface area contributed by atoms with Crippen LogP contribution in [0.25, 0.3) is 0 Å². The summed E-state index contributed by atoms with van der Waals surface area (Å²) in [6.45, 7) is 9.49. The van der Waals surface area contributed by atoms with Gasteiger partial charge in [-0.25, -0.2) is 0 Å². The summed E-state index contributed by atoms with van der Waals surface area (Å²) in [6, 6.07) is 3.57. The lowest BCUT2D eigenvalue weighted by molar-refractivity contribution is 0.0142. The molecule has 1 rings (SSSR count). The summed E-state index contributed by atoms with van der Waals surface area (Å²) in [6.07, 6.45) is 0. The molecule has 0 bridgehead atoms. The number of nitrogens with one attached hydrogen (secondary N) is 1. The van der Waals surface area contributed by atoms with E-state index in [4.69, 9.17) is 0 Å². The molecule has 1 aromatic rings. The Morgan fingerprint density at radius 2 is 2.06 bits per heavy atom.